The summed E-state index contributed by atoms with van der Waals surface area (Å²) >= 11 is 0. The normalized spacial score (nSPS) is 10.8. The van der Waals surface area contributed by atoms with E-state index >= 15 is 0 Å². The summed E-state index contributed by atoms with van der Waals surface area (Å²) in [6.45, 7) is 6.75. The fraction of sp³-hybridized carbons (Fsp3) is 0.417. The number of aryl methyl sites for hydroxylation is 1. The fourth-order valence-corrected chi connectivity index (χ4v) is 3.39. The van der Waals surface area contributed by atoms with Crippen molar-refractivity contribution < 1.29 is 19.4 Å². The summed E-state index contributed by atoms with van der Waals surface area (Å²) in [4.78, 5) is 12.0. The van der Waals surface area contributed by atoms with Gasteiger partial charge in [0.25, 0.3) is 0 Å². The summed E-state index contributed by atoms with van der Waals surface area (Å²) < 4.78 is 13.4. The smallest absolute Gasteiger partial charge is 0.166 e. The van der Waals surface area contributed by atoms with E-state index in [1.54, 1.807) is 23.7 Å². The lowest BCUT2D eigenvalue weighted by Gasteiger charge is -2.15. The second-order valence-electron chi connectivity index (χ2n) is 7.50. The molecule has 0 amide bonds. The Morgan fingerprint density at radius 2 is 1.75 bits per heavy atom. The number of hydrogen-bond donors (Lipinski definition) is 1. The Morgan fingerprint density at radius 1 is 1.03 bits per heavy atom. The average Bonchev–Trinajstić information content (AvgIpc) is 3.24. The third kappa shape index (κ3) is 5.63. The Kier molecular flexibility index (Phi) is 8.19. The number of nitrogens with zero attached hydrogens (tertiary/aromatic N) is 4. The number of hydrogen-bond acceptors (Lipinski definition) is 7. The first kappa shape index (κ1) is 23.2. The van der Waals surface area contributed by atoms with Gasteiger partial charge in [-0.3, -0.25) is 4.79 Å². The number of aromatic nitrogens is 4. The van der Waals surface area contributed by atoms with Crippen molar-refractivity contribution in [2.75, 3.05) is 13.2 Å². The molecule has 0 unspecified atom stereocenters. The van der Waals surface area contributed by atoms with Crippen molar-refractivity contribution in [3.63, 3.8) is 0 Å². The van der Waals surface area contributed by atoms with E-state index in [1.165, 1.54) is 0 Å². The van der Waals surface area contributed by atoms with Gasteiger partial charge in [-0.15, -0.1) is 5.10 Å². The number of phenolic OH excluding ortho intramolecular Hbond substituents is 1. The zero-order valence-electron chi connectivity index (χ0n) is 18.9. The second-order valence-corrected chi connectivity index (χ2v) is 7.50. The lowest BCUT2D eigenvalue weighted by molar-refractivity contribution is 0.0985. The molecular formula is C24H30N4O4. The molecule has 0 atom stereocenters. The van der Waals surface area contributed by atoms with Crippen molar-refractivity contribution in [1.29, 1.82) is 0 Å². The predicted molar refractivity (Wildman–Crippen MR) is 121 cm³/mol. The van der Waals surface area contributed by atoms with Crippen molar-refractivity contribution in [2.24, 2.45) is 0 Å². The van der Waals surface area contributed by atoms with E-state index in [0.717, 1.165) is 36.5 Å². The summed E-state index contributed by atoms with van der Waals surface area (Å²) in [6.07, 6.45) is 3.52. The number of carbonyl (C=O) groups excluding carboxylic acids is 1. The molecule has 0 radical (unpaired) electrons. The van der Waals surface area contributed by atoms with Gasteiger partial charge in [0.1, 0.15) is 17.2 Å². The second kappa shape index (κ2) is 11.3. The number of carbonyl (C=O) groups is 1. The number of rotatable bonds is 12. The lowest BCUT2D eigenvalue weighted by atomic mass is 10.00. The van der Waals surface area contributed by atoms with E-state index in [2.05, 4.69) is 15.5 Å². The van der Waals surface area contributed by atoms with Gasteiger partial charge in [-0.1, -0.05) is 20.3 Å². The quantitative estimate of drug-likeness (QED) is 0.329. The molecule has 0 bridgehead atoms. The third-order valence-electron chi connectivity index (χ3n) is 5.13. The highest BCUT2D eigenvalue weighted by atomic mass is 16.5. The molecule has 3 aromatic rings. The number of Topliss-reactive ketones (excluding diaryl/α,β-unsaturated/α-hetero) is 1. The molecule has 32 heavy (non-hydrogen) atoms. The molecule has 0 fully saturated rings. The van der Waals surface area contributed by atoms with Crippen LogP contribution in [0.5, 0.6) is 17.2 Å². The average molecular weight is 439 g/mol. The van der Waals surface area contributed by atoms with Gasteiger partial charge < -0.3 is 14.6 Å². The van der Waals surface area contributed by atoms with Crippen LogP contribution in [0.3, 0.4) is 0 Å². The Labute approximate surface area is 188 Å². The van der Waals surface area contributed by atoms with Crippen LogP contribution < -0.4 is 9.47 Å². The van der Waals surface area contributed by atoms with Crippen LogP contribution in [0.15, 0.2) is 36.4 Å². The number of ketones is 1. The molecule has 2 aromatic carbocycles. The summed E-state index contributed by atoms with van der Waals surface area (Å²) in [5, 5.41) is 22.0. The maximum atomic E-state index is 12.0. The fourth-order valence-electron chi connectivity index (χ4n) is 3.39. The van der Waals surface area contributed by atoms with E-state index < -0.39 is 0 Å². The van der Waals surface area contributed by atoms with Crippen molar-refractivity contribution in [1.82, 2.24) is 20.2 Å². The van der Waals surface area contributed by atoms with Gasteiger partial charge in [0.2, 0.25) is 0 Å². The monoisotopic (exact) mass is 438 g/mol. The largest absolute Gasteiger partial charge is 0.507 e. The summed E-state index contributed by atoms with van der Waals surface area (Å²) in [5.41, 5.74) is 1.96. The molecule has 1 N–H and O–H groups in total. The van der Waals surface area contributed by atoms with Gasteiger partial charge in [-0.2, -0.15) is 4.68 Å². The van der Waals surface area contributed by atoms with Crippen molar-refractivity contribution >= 4 is 5.78 Å². The number of tetrazole rings is 1. The Bertz CT molecular complexity index is 1030. The van der Waals surface area contributed by atoms with Crippen molar-refractivity contribution in [2.45, 2.75) is 52.9 Å². The predicted octanol–water partition coefficient (Wildman–Crippen LogP) is 4.46. The SMILES string of the molecule is CCCc1c(OCCCCOc2ccc(-n3nnnc3C)cc2)ccc(C(=O)CC)c1O. The Balaban J connectivity index is 1.46. The number of phenols is 1. The molecular weight excluding hydrogens is 408 g/mol. The highest BCUT2D eigenvalue weighted by molar-refractivity contribution is 5.99. The zero-order chi connectivity index (χ0) is 22.9. The van der Waals surface area contributed by atoms with Crippen LogP contribution in [-0.2, 0) is 6.42 Å². The van der Waals surface area contributed by atoms with E-state index in [4.69, 9.17) is 9.47 Å². The molecule has 8 heteroatoms. The summed E-state index contributed by atoms with van der Waals surface area (Å²) in [7, 11) is 0. The minimum absolute atomic E-state index is 0.0554. The molecule has 8 nitrogen and oxygen atoms in total. The first-order valence-electron chi connectivity index (χ1n) is 11.0. The van der Waals surface area contributed by atoms with Crippen LogP contribution in [0, 0.1) is 6.92 Å². The Hall–Kier alpha value is -3.42. The maximum Gasteiger partial charge on any atom is 0.166 e. The lowest BCUT2D eigenvalue weighted by Crippen LogP contribution is -2.06. The molecule has 0 aliphatic rings. The van der Waals surface area contributed by atoms with E-state index in [9.17, 15) is 9.90 Å². The first-order valence-corrected chi connectivity index (χ1v) is 11.0. The number of ether oxygens (including phenoxy) is 2. The van der Waals surface area contributed by atoms with E-state index in [1.807, 2.05) is 38.1 Å². The summed E-state index contributed by atoms with van der Waals surface area (Å²) in [6, 6.07) is 11.1. The van der Waals surface area contributed by atoms with Crippen molar-refractivity contribution in [3.8, 4) is 22.9 Å². The van der Waals surface area contributed by atoms with Crippen LogP contribution in [0.4, 0.5) is 0 Å². The van der Waals surface area contributed by atoms with Gasteiger partial charge in [0.15, 0.2) is 11.6 Å². The van der Waals surface area contributed by atoms with Gasteiger partial charge >= 0.3 is 0 Å². The molecule has 0 saturated heterocycles. The molecule has 0 spiro atoms. The maximum absolute atomic E-state index is 12.0. The van der Waals surface area contributed by atoms with Gasteiger partial charge in [0, 0.05) is 12.0 Å². The minimum atomic E-state index is -0.0651. The van der Waals surface area contributed by atoms with Gasteiger partial charge in [0.05, 0.1) is 24.5 Å². The minimum Gasteiger partial charge on any atom is -0.507 e. The molecule has 1 aromatic heterocycles. The highest BCUT2D eigenvalue weighted by Gasteiger charge is 2.17. The molecule has 0 aliphatic carbocycles. The number of unbranched alkanes of at least 4 members (excludes halogenated alkanes) is 1. The van der Waals surface area contributed by atoms with E-state index in [0.29, 0.717) is 42.9 Å². The number of aromatic hydroxyl groups is 1. The standard InChI is InChI=1S/C24H30N4O4/c1-4-8-21-23(14-13-20(24(21)30)22(29)5-2)32-16-7-6-15-31-19-11-9-18(10-12-19)28-17(3)25-26-27-28/h9-14,30H,4-8,15-16H2,1-3H3. The van der Waals surface area contributed by atoms with Gasteiger partial charge in [-0.25, -0.2) is 0 Å². The molecule has 0 aliphatic heterocycles. The highest BCUT2D eigenvalue weighted by Crippen LogP contribution is 2.33. The van der Waals surface area contributed by atoms with Crippen LogP contribution in [0.25, 0.3) is 5.69 Å². The molecule has 0 saturated carbocycles. The zero-order valence-corrected chi connectivity index (χ0v) is 18.9. The molecule has 1 heterocycles. The van der Waals surface area contributed by atoms with Crippen LogP contribution in [0.2, 0.25) is 0 Å². The Morgan fingerprint density at radius 3 is 2.38 bits per heavy atom. The summed E-state index contributed by atoms with van der Waals surface area (Å²) in [5.74, 6) is 2.14. The van der Waals surface area contributed by atoms with Crippen LogP contribution in [-0.4, -0.2) is 44.3 Å². The van der Waals surface area contributed by atoms with Crippen LogP contribution in [0.1, 0.15) is 61.3 Å². The van der Waals surface area contributed by atoms with Gasteiger partial charge in [-0.05, 0) is 73.0 Å². The van der Waals surface area contributed by atoms with E-state index in [-0.39, 0.29) is 11.5 Å². The first-order chi connectivity index (χ1) is 15.5. The van der Waals surface area contributed by atoms with Crippen molar-refractivity contribution in [3.05, 3.63) is 53.3 Å². The molecule has 3 rings (SSSR count). The molecule has 170 valence electrons. The number of benzene rings is 2. The third-order valence-corrected chi connectivity index (χ3v) is 5.13. The topological polar surface area (TPSA) is 99.4 Å². The van der Waals surface area contributed by atoms with Crippen LogP contribution >= 0.6 is 0 Å².